The van der Waals surface area contributed by atoms with Gasteiger partial charge in [-0.15, -0.1) is 0 Å². The summed E-state index contributed by atoms with van der Waals surface area (Å²) in [7, 11) is 0. The summed E-state index contributed by atoms with van der Waals surface area (Å²) in [5.74, 6) is 0.515. The molecule has 0 spiro atoms. The van der Waals surface area contributed by atoms with E-state index in [1.165, 1.54) is 11.3 Å². The van der Waals surface area contributed by atoms with Gasteiger partial charge in [-0.2, -0.15) is 4.68 Å². The van der Waals surface area contributed by atoms with Crippen LogP contribution < -0.4 is 10.2 Å². The van der Waals surface area contributed by atoms with Crippen LogP contribution in [0.1, 0.15) is 18.4 Å². The van der Waals surface area contributed by atoms with E-state index in [0.29, 0.717) is 28.2 Å². The third-order valence-electron chi connectivity index (χ3n) is 4.60. The van der Waals surface area contributed by atoms with Crippen molar-refractivity contribution in [3.05, 3.63) is 64.5 Å². The molecule has 3 aromatic rings. The lowest BCUT2D eigenvalue weighted by atomic mass is 10.1. The van der Waals surface area contributed by atoms with E-state index in [9.17, 15) is 0 Å². The van der Waals surface area contributed by atoms with Crippen LogP contribution in [0.15, 0.2) is 42.5 Å². The van der Waals surface area contributed by atoms with Gasteiger partial charge in [-0.05, 0) is 53.5 Å². The molecule has 1 aliphatic heterocycles. The molecular formula is C19H19Cl2N6. The molecule has 2 heterocycles. The predicted octanol–water partition coefficient (Wildman–Crippen LogP) is 4.39. The van der Waals surface area contributed by atoms with Gasteiger partial charge in [0.25, 0.3) is 0 Å². The van der Waals surface area contributed by atoms with E-state index in [-0.39, 0.29) is 0 Å². The molecule has 0 aliphatic carbocycles. The molecule has 0 bridgehead atoms. The van der Waals surface area contributed by atoms with E-state index < -0.39 is 0 Å². The number of para-hydroxylation sites is 1. The highest BCUT2D eigenvalue weighted by atomic mass is 35.5. The zero-order valence-corrected chi connectivity index (χ0v) is 16.2. The van der Waals surface area contributed by atoms with Gasteiger partial charge in [-0.3, -0.25) is 0 Å². The Kier molecular flexibility index (Phi) is 5.45. The Morgan fingerprint density at radius 1 is 0.963 bits per heavy atom. The number of piperidine rings is 1. The van der Waals surface area contributed by atoms with E-state index in [2.05, 4.69) is 50.4 Å². The molecular weight excluding hydrogens is 383 g/mol. The minimum atomic E-state index is 0.416. The zero-order chi connectivity index (χ0) is 18.6. The second-order valence-electron chi connectivity index (χ2n) is 6.32. The highest BCUT2D eigenvalue weighted by Crippen LogP contribution is 2.29. The van der Waals surface area contributed by atoms with Crippen molar-refractivity contribution in [2.45, 2.75) is 19.4 Å². The van der Waals surface area contributed by atoms with Gasteiger partial charge in [-0.1, -0.05) is 52.6 Å². The first-order valence-electron chi connectivity index (χ1n) is 8.85. The van der Waals surface area contributed by atoms with Gasteiger partial charge in [0.05, 0.1) is 15.7 Å². The first-order valence-corrected chi connectivity index (χ1v) is 9.61. The van der Waals surface area contributed by atoms with Crippen molar-refractivity contribution < 1.29 is 0 Å². The Hall–Kier alpha value is -2.31. The fourth-order valence-electron chi connectivity index (χ4n) is 3.25. The molecule has 0 amide bonds. The first-order chi connectivity index (χ1) is 13.2. The van der Waals surface area contributed by atoms with Crippen molar-refractivity contribution in [1.82, 2.24) is 20.2 Å². The van der Waals surface area contributed by atoms with Gasteiger partial charge in [0.2, 0.25) is 5.95 Å². The van der Waals surface area contributed by atoms with Gasteiger partial charge in [0.1, 0.15) is 0 Å². The van der Waals surface area contributed by atoms with Gasteiger partial charge >= 0.3 is 0 Å². The summed E-state index contributed by atoms with van der Waals surface area (Å²) in [5, 5.41) is 16.1. The van der Waals surface area contributed by atoms with Crippen LogP contribution in [0.25, 0.3) is 5.69 Å². The molecule has 27 heavy (non-hydrogen) atoms. The normalized spacial score (nSPS) is 14.4. The maximum atomic E-state index is 6.31. The fourth-order valence-corrected chi connectivity index (χ4v) is 3.63. The van der Waals surface area contributed by atoms with Crippen molar-refractivity contribution in [3.8, 4) is 5.69 Å². The summed E-state index contributed by atoms with van der Waals surface area (Å²) in [6, 6.07) is 13.8. The lowest BCUT2D eigenvalue weighted by molar-refractivity contribution is 0.676. The smallest absolute Gasteiger partial charge is 0.248 e. The second-order valence-corrected chi connectivity index (χ2v) is 7.11. The third kappa shape index (κ3) is 3.87. The van der Waals surface area contributed by atoms with E-state index in [0.717, 1.165) is 25.9 Å². The summed E-state index contributed by atoms with van der Waals surface area (Å²) >= 11 is 12.4. The quantitative estimate of drug-likeness (QED) is 0.686. The fraction of sp³-hybridized carbons (Fsp3) is 0.263. The molecule has 1 N–H and O–H groups in total. The Balaban J connectivity index is 1.56. The number of hydrogen-bond donors (Lipinski definition) is 1. The van der Waals surface area contributed by atoms with Crippen molar-refractivity contribution in [2.75, 3.05) is 23.3 Å². The average Bonchev–Trinajstić information content (AvgIpc) is 3.18. The number of halogens is 2. The zero-order valence-electron chi connectivity index (χ0n) is 14.6. The summed E-state index contributed by atoms with van der Waals surface area (Å²) in [6.07, 6.45) is 4.58. The standard InChI is InChI=1S/C19H19Cl2N6/c20-15-8-6-10-17(18(15)21)27-19(23-24-25-27)22-13-14-7-2-3-9-16(14)26-11-4-1-5-12-26/h1-3,6-10H,4-5,11-13H2,(H,22,23,25). The summed E-state index contributed by atoms with van der Waals surface area (Å²) in [5.41, 5.74) is 3.08. The number of aromatic nitrogens is 4. The molecule has 1 fully saturated rings. The number of nitrogens with zero attached hydrogens (tertiary/aromatic N) is 5. The van der Waals surface area contributed by atoms with Gasteiger partial charge < -0.3 is 10.2 Å². The van der Waals surface area contributed by atoms with Crippen LogP contribution in [0.2, 0.25) is 10.0 Å². The van der Waals surface area contributed by atoms with Crippen LogP contribution in [-0.4, -0.2) is 33.3 Å². The molecule has 1 aromatic heterocycles. The molecule has 2 aromatic carbocycles. The van der Waals surface area contributed by atoms with Crippen LogP contribution in [0.4, 0.5) is 11.6 Å². The Morgan fingerprint density at radius 3 is 2.59 bits per heavy atom. The maximum Gasteiger partial charge on any atom is 0.248 e. The number of anilines is 2. The predicted molar refractivity (Wildman–Crippen MR) is 109 cm³/mol. The summed E-state index contributed by atoms with van der Waals surface area (Å²) in [6.45, 7) is 2.70. The number of hydrogen-bond acceptors (Lipinski definition) is 5. The maximum absolute atomic E-state index is 6.31. The molecule has 1 saturated heterocycles. The summed E-state index contributed by atoms with van der Waals surface area (Å²) in [4.78, 5) is 2.42. The lowest BCUT2D eigenvalue weighted by Crippen LogP contribution is -2.30. The molecule has 1 aliphatic rings. The number of benzene rings is 2. The molecule has 139 valence electrons. The topological polar surface area (TPSA) is 58.9 Å². The highest BCUT2D eigenvalue weighted by Gasteiger charge is 2.16. The van der Waals surface area contributed by atoms with Crippen LogP contribution in [0, 0.1) is 6.42 Å². The number of tetrazole rings is 1. The molecule has 1 radical (unpaired) electrons. The minimum absolute atomic E-state index is 0.416. The lowest BCUT2D eigenvalue weighted by Gasteiger charge is -2.30. The minimum Gasteiger partial charge on any atom is -0.371 e. The van der Waals surface area contributed by atoms with Crippen LogP contribution in [-0.2, 0) is 6.54 Å². The molecule has 6 nitrogen and oxygen atoms in total. The summed E-state index contributed by atoms with van der Waals surface area (Å²) < 4.78 is 1.56. The van der Waals surface area contributed by atoms with Crippen molar-refractivity contribution in [2.24, 2.45) is 0 Å². The molecule has 8 heteroatoms. The monoisotopic (exact) mass is 401 g/mol. The number of rotatable bonds is 5. The Labute approximate surface area is 168 Å². The van der Waals surface area contributed by atoms with Crippen LogP contribution >= 0.6 is 23.2 Å². The molecule has 0 atom stereocenters. The highest BCUT2D eigenvalue weighted by molar-refractivity contribution is 6.43. The van der Waals surface area contributed by atoms with Crippen LogP contribution in [0.5, 0.6) is 0 Å². The molecule has 0 saturated carbocycles. The largest absolute Gasteiger partial charge is 0.371 e. The van der Waals surface area contributed by atoms with E-state index in [1.54, 1.807) is 10.7 Å². The molecule has 0 unspecified atom stereocenters. The van der Waals surface area contributed by atoms with Gasteiger partial charge in [0, 0.05) is 25.3 Å². The Bertz CT molecular complexity index is 920. The van der Waals surface area contributed by atoms with Crippen LogP contribution in [0.3, 0.4) is 0 Å². The Morgan fingerprint density at radius 2 is 1.74 bits per heavy atom. The van der Waals surface area contributed by atoms with Crippen molar-refractivity contribution >= 4 is 34.8 Å². The molecule has 4 rings (SSSR count). The van der Waals surface area contributed by atoms with E-state index >= 15 is 0 Å². The SMILES string of the molecule is Clc1cccc(-n2nnnc2NCc2ccccc2N2CC[CH]CC2)c1Cl. The second kappa shape index (κ2) is 8.15. The van der Waals surface area contributed by atoms with E-state index in [4.69, 9.17) is 23.2 Å². The van der Waals surface area contributed by atoms with Crippen molar-refractivity contribution in [1.29, 1.82) is 0 Å². The average molecular weight is 402 g/mol. The first kappa shape index (κ1) is 18.1. The van der Waals surface area contributed by atoms with Crippen molar-refractivity contribution in [3.63, 3.8) is 0 Å². The van der Waals surface area contributed by atoms with Gasteiger partial charge in [-0.25, -0.2) is 0 Å². The third-order valence-corrected chi connectivity index (χ3v) is 5.41. The van der Waals surface area contributed by atoms with Gasteiger partial charge in [0.15, 0.2) is 0 Å². The number of nitrogens with one attached hydrogen (secondary N) is 1. The van der Waals surface area contributed by atoms with E-state index in [1.807, 2.05) is 18.2 Å².